The number of aromatic nitrogens is 3. The second-order valence-electron chi connectivity index (χ2n) is 7.52. The third-order valence-electron chi connectivity index (χ3n) is 5.23. The van der Waals surface area contributed by atoms with Crippen molar-refractivity contribution in [1.29, 1.82) is 0 Å². The Bertz CT molecular complexity index is 1520. The number of carbonyl (C=O) groups excluding carboxylic acids is 1. The van der Waals surface area contributed by atoms with E-state index in [0.29, 0.717) is 15.8 Å². The summed E-state index contributed by atoms with van der Waals surface area (Å²) in [6.45, 7) is 0. The molecule has 2 heterocycles. The van der Waals surface area contributed by atoms with Gasteiger partial charge in [-0.05, 0) is 24.3 Å². The Balaban J connectivity index is 1.77. The summed E-state index contributed by atoms with van der Waals surface area (Å²) in [4.78, 5) is 27.5. The number of fused-ring (bicyclic) bond motifs is 1. The molecular formula is C23H18F3N5O6. The van der Waals surface area contributed by atoms with Gasteiger partial charge < -0.3 is 19.5 Å². The highest BCUT2D eigenvalue weighted by Gasteiger charge is 2.36. The van der Waals surface area contributed by atoms with E-state index in [1.165, 1.54) is 45.6 Å². The maximum atomic E-state index is 13.9. The number of ether oxygens (including phenoxy) is 3. The molecule has 0 bridgehead atoms. The van der Waals surface area contributed by atoms with Crippen LogP contribution in [-0.2, 0) is 6.18 Å². The fourth-order valence-corrected chi connectivity index (χ4v) is 3.50. The highest BCUT2D eigenvalue weighted by atomic mass is 19.4. The molecule has 0 aliphatic carbocycles. The van der Waals surface area contributed by atoms with E-state index in [1.807, 2.05) is 0 Å². The van der Waals surface area contributed by atoms with Gasteiger partial charge in [0.05, 0.1) is 43.7 Å². The largest absolute Gasteiger partial charge is 0.496 e. The zero-order valence-corrected chi connectivity index (χ0v) is 19.5. The quantitative estimate of drug-likeness (QED) is 0.278. The average Bonchev–Trinajstić information content (AvgIpc) is 3.31. The zero-order valence-electron chi connectivity index (χ0n) is 19.5. The molecule has 14 heteroatoms. The highest BCUT2D eigenvalue weighted by Crippen LogP contribution is 2.35. The molecule has 0 spiro atoms. The van der Waals surface area contributed by atoms with Crippen molar-refractivity contribution in [2.75, 3.05) is 26.6 Å². The SMILES string of the molecule is COc1cc(NC(=O)c2cc3nc(-c4ccc(OC)c(OC)c4)cc(C(F)(F)F)n3n2)cc([N+](=O)[O-])c1. The molecule has 0 atom stereocenters. The summed E-state index contributed by atoms with van der Waals surface area (Å²) >= 11 is 0. The average molecular weight is 517 g/mol. The first kappa shape index (κ1) is 25.2. The summed E-state index contributed by atoms with van der Waals surface area (Å²) in [5.41, 5.74) is -1.92. The normalized spacial score (nSPS) is 11.3. The molecule has 1 amide bonds. The topological polar surface area (TPSA) is 130 Å². The van der Waals surface area contributed by atoms with Crippen molar-refractivity contribution in [2.24, 2.45) is 0 Å². The lowest BCUT2D eigenvalue weighted by Crippen LogP contribution is -2.16. The standard InChI is InChI=1S/C23H18F3N5O6/c1-35-15-8-13(7-14(9-15)31(33)34)27-22(32)17-11-21-28-16(10-20(23(24,25)26)30(21)29-17)12-4-5-18(36-2)19(6-12)37-3/h4-11H,1-3H3,(H,27,32). The second kappa shape index (κ2) is 9.64. The molecule has 2 aromatic heterocycles. The molecule has 0 aliphatic heterocycles. The predicted molar refractivity (Wildman–Crippen MR) is 124 cm³/mol. The maximum Gasteiger partial charge on any atom is 0.433 e. The number of nitro benzene ring substituents is 1. The highest BCUT2D eigenvalue weighted by molar-refractivity contribution is 6.03. The summed E-state index contributed by atoms with van der Waals surface area (Å²) in [5, 5.41) is 17.3. The summed E-state index contributed by atoms with van der Waals surface area (Å²) in [6.07, 6.45) is -4.83. The van der Waals surface area contributed by atoms with Crippen LogP contribution in [0.2, 0.25) is 0 Å². The van der Waals surface area contributed by atoms with Crippen LogP contribution in [0.3, 0.4) is 0 Å². The number of rotatable bonds is 7. The number of methoxy groups -OCH3 is 3. The van der Waals surface area contributed by atoms with Crippen molar-refractivity contribution in [2.45, 2.75) is 6.18 Å². The van der Waals surface area contributed by atoms with Crippen molar-refractivity contribution in [3.8, 4) is 28.5 Å². The number of hydrogen-bond donors (Lipinski definition) is 1. The third-order valence-corrected chi connectivity index (χ3v) is 5.23. The van der Waals surface area contributed by atoms with Crippen molar-refractivity contribution < 1.29 is 37.1 Å². The van der Waals surface area contributed by atoms with Crippen LogP contribution in [0.4, 0.5) is 24.5 Å². The number of nitrogens with one attached hydrogen (secondary N) is 1. The van der Waals surface area contributed by atoms with Gasteiger partial charge in [0, 0.05) is 23.8 Å². The van der Waals surface area contributed by atoms with Crippen LogP contribution in [0.25, 0.3) is 16.9 Å². The van der Waals surface area contributed by atoms with Gasteiger partial charge in [-0.15, -0.1) is 0 Å². The summed E-state index contributed by atoms with van der Waals surface area (Å²) in [6, 6.07) is 9.92. The van der Waals surface area contributed by atoms with Crippen molar-refractivity contribution in [3.63, 3.8) is 0 Å². The molecule has 1 N–H and O–H groups in total. The number of alkyl halides is 3. The molecule has 4 rings (SSSR count). The maximum absolute atomic E-state index is 13.9. The molecule has 2 aromatic carbocycles. The minimum atomic E-state index is -4.83. The Labute approximate surface area is 206 Å². The van der Waals surface area contributed by atoms with Crippen LogP contribution in [0, 0.1) is 10.1 Å². The van der Waals surface area contributed by atoms with Gasteiger partial charge in [-0.3, -0.25) is 14.9 Å². The van der Waals surface area contributed by atoms with Crippen LogP contribution in [0.5, 0.6) is 17.2 Å². The van der Waals surface area contributed by atoms with Crippen LogP contribution in [-0.4, -0.2) is 46.8 Å². The number of benzene rings is 2. The Morgan fingerprint density at radius 3 is 2.35 bits per heavy atom. The molecule has 192 valence electrons. The molecular weight excluding hydrogens is 499 g/mol. The van der Waals surface area contributed by atoms with Gasteiger partial charge >= 0.3 is 6.18 Å². The Hall–Kier alpha value is -4.88. The van der Waals surface area contributed by atoms with E-state index in [4.69, 9.17) is 14.2 Å². The van der Waals surface area contributed by atoms with E-state index in [2.05, 4.69) is 15.4 Å². The number of hydrogen-bond acceptors (Lipinski definition) is 8. The molecule has 0 aliphatic rings. The Morgan fingerprint density at radius 1 is 1.00 bits per heavy atom. The number of nitrogens with zero attached hydrogens (tertiary/aromatic N) is 4. The molecule has 0 saturated heterocycles. The molecule has 0 saturated carbocycles. The number of halogens is 3. The van der Waals surface area contributed by atoms with Crippen LogP contribution >= 0.6 is 0 Å². The van der Waals surface area contributed by atoms with Gasteiger partial charge in [-0.2, -0.15) is 18.3 Å². The van der Waals surface area contributed by atoms with E-state index < -0.39 is 28.4 Å². The summed E-state index contributed by atoms with van der Waals surface area (Å²) in [5.74, 6) is -0.144. The van der Waals surface area contributed by atoms with E-state index in [-0.39, 0.29) is 34.2 Å². The van der Waals surface area contributed by atoms with Gasteiger partial charge in [0.15, 0.2) is 28.5 Å². The van der Waals surface area contributed by atoms with Crippen LogP contribution in [0.15, 0.2) is 48.5 Å². The zero-order chi connectivity index (χ0) is 26.9. The van der Waals surface area contributed by atoms with Gasteiger partial charge in [-0.1, -0.05) is 0 Å². The molecule has 0 radical (unpaired) electrons. The molecule has 4 aromatic rings. The molecule has 11 nitrogen and oxygen atoms in total. The van der Waals surface area contributed by atoms with Gasteiger partial charge in [0.25, 0.3) is 11.6 Å². The van der Waals surface area contributed by atoms with Crippen LogP contribution in [0.1, 0.15) is 16.2 Å². The fourth-order valence-electron chi connectivity index (χ4n) is 3.50. The molecule has 0 unspecified atom stereocenters. The number of anilines is 1. The summed E-state index contributed by atoms with van der Waals surface area (Å²) < 4.78 is 57.7. The second-order valence-corrected chi connectivity index (χ2v) is 7.52. The fraction of sp³-hybridized carbons (Fsp3) is 0.174. The first-order valence-corrected chi connectivity index (χ1v) is 10.4. The predicted octanol–water partition coefficient (Wildman–Crippen LogP) is 4.60. The number of nitro groups is 1. The molecule has 0 fully saturated rings. The van der Waals surface area contributed by atoms with Gasteiger partial charge in [-0.25, -0.2) is 9.50 Å². The lowest BCUT2D eigenvalue weighted by Gasteiger charge is -2.12. The summed E-state index contributed by atoms with van der Waals surface area (Å²) in [7, 11) is 4.09. The van der Waals surface area contributed by atoms with E-state index in [0.717, 1.165) is 24.3 Å². The Kier molecular flexibility index (Phi) is 6.57. The Morgan fingerprint density at radius 2 is 1.73 bits per heavy atom. The number of carbonyl (C=O) groups is 1. The first-order chi connectivity index (χ1) is 17.5. The lowest BCUT2D eigenvalue weighted by molar-refractivity contribution is -0.384. The smallest absolute Gasteiger partial charge is 0.433 e. The van der Waals surface area contributed by atoms with Gasteiger partial charge in [0.2, 0.25) is 0 Å². The minimum Gasteiger partial charge on any atom is -0.496 e. The monoisotopic (exact) mass is 517 g/mol. The van der Waals surface area contributed by atoms with E-state index in [9.17, 15) is 28.1 Å². The third kappa shape index (κ3) is 5.07. The minimum absolute atomic E-state index is 0.0110. The van der Waals surface area contributed by atoms with Crippen molar-refractivity contribution >= 4 is 22.9 Å². The lowest BCUT2D eigenvalue weighted by atomic mass is 10.1. The van der Waals surface area contributed by atoms with Crippen molar-refractivity contribution in [1.82, 2.24) is 14.6 Å². The number of amides is 1. The van der Waals surface area contributed by atoms with Gasteiger partial charge in [0.1, 0.15) is 5.75 Å². The van der Waals surface area contributed by atoms with Crippen molar-refractivity contribution in [3.05, 3.63) is 70.0 Å². The number of non-ortho nitro benzene ring substituents is 1. The first-order valence-electron chi connectivity index (χ1n) is 10.4. The van der Waals surface area contributed by atoms with E-state index >= 15 is 0 Å². The van der Waals surface area contributed by atoms with Crippen LogP contribution < -0.4 is 19.5 Å². The van der Waals surface area contributed by atoms with E-state index in [1.54, 1.807) is 0 Å². The molecule has 37 heavy (non-hydrogen) atoms.